The van der Waals surface area contributed by atoms with Crippen LogP contribution in [-0.4, -0.2) is 41.7 Å². The first-order valence-corrected chi connectivity index (χ1v) is 8.36. The fourth-order valence-electron chi connectivity index (χ4n) is 3.57. The Balaban J connectivity index is 1.56. The van der Waals surface area contributed by atoms with E-state index in [1.807, 2.05) is 17.3 Å². The summed E-state index contributed by atoms with van der Waals surface area (Å²) in [7, 11) is 0. The van der Waals surface area contributed by atoms with Crippen molar-refractivity contribution < 1.29 is 4.79 Å². The first-order chi connectivity index (χ1) is 11.5. The molecule has 3 heterocycles. The van der Waals surface area contributed by atoms with Crippen molar-refractivity contribution in [1.82, 2.24) is 29.2 Å². The monoisotopic (exact) mass is 330 g/mol. The number of aromatic amines is 1. The zero-order chi connectivity index (χ0) is 16.9. The maximum absolute atomic E-state index is 12.7. The molecule has 1 N–H and O–H groups in total. The molecule has 1 aliphatic heterocycles. The van der Waals surface area contributed by atoms with Crippen LogP contribution in [-0.2, 0) is 17.9 Å². The second-order valence-electron chi connectivity index (χ2n) is 7.58. The highest BCUT2D eigenvalue weighted by atomic mass is 16.2. The van der Waals surface area contributed by atoms with Crippen molar-refractivity contribution in [3.8, 4) is 0 Å². The lowest BCUT2D eigenvalue weighted by molar-refractivity contribution is -0.154. The van der Waals surface area contributed by atoms with Gasteiger partial charge in [0.25, 0.3) is 0 Å². The Morgan fingerprint density at radius 1 is 1.38 bits per heavy atom. The summed E-state index contributed by atoms with van der Waals surface area (Å²) in [4.78, 5) is 30.6. The van der Waals surface area contributed by atoms with Crippen LogP contribution in [0.5, 0.6) is 0 Å². The lowest BCUT2D eigenvalue weighted by Gasteiger charge is -2.53. The number of nitrogens with zero attached hydrogens (tertiary/aromatic N) is 5. The molecule has 1 atom stereocenters. The number of hydrogen-bond acceptors (Lipinski definition) is 4. The number of hydrogen-bond donors (Lipinski definition) is 1. The third-order valence-corrected chi connectivity index (χ3v) is 5.02. The number of carbonyl (C=O) groups is 1. The van der Waals surface area contributed by atoms with Gasteiger partial charge >= 0.3 is 5.69 Å². The number of likely N-dealkylation sites (tertiary alicyclic amines) is 1. The maximum atomic E-state index is 12.7. The minimum absolute atomic E-state index is 0.00521. The van der Waals surface area contributed by atoms with E-state index in [2.05, 4.69) is 33.6 Å². The number of aromatic nitrogens is 5. The van der Waals surface area contributed by atoms with Crippen LogP contribution in [0, 0.1) is 11.3 Å². The summed E-state index contributed by atoms with van der Waals surface area (Å²) in [5.41, 5.74) is -0.390. The van der Waals surface area contributed by atoms with Gasteiger partial charge < -0.3 is 9.47 Å². The lowest BCUT2D eigenvalue weighted by atomic mass is 9.74. The smallest absolute Gasteiger partial charge is 0.333 e. The second kappa shape index (κ2) is 5.32. The number of H-pyrrole nitrogens is 1. The average molecular weight is 330 g/mol. The molecule has 0 radical (unpaired) electrons. The Kier molecular flexibility index (Phi) is 3.36. The van der Waals surface area contributed by atoms with Crippen molar-refractivity contribution >= 4 is 5.91 Å². The largest absolute Gasteiger partial charge is 0.343 e. The third-order valence-electron chi connectivity index (χ3n) is 5.02. The van der Waals surface area contributed by atoms with Gasteiger partial charge in [-0.1, -0.05) is 13.8 Å². The molecule has 2 fully saturated rings. The average Bonchev–Trinajstić information content (AvgIpc) is 3.09. The van der Waals surface area contributed by atoms with E-state index in [1.54, 1.807) is 0 Å². The number of nitrogens with one attached hydrogen (secondary N) is 1. The third kappa shape index (κ3) is 2.55. The molecule has 0 spiro atoms. The Hall–Kier alpha value is -2.38. The molecule has 1 saturated carbocycles. The van der Waals surface area contributed by atoms with E-state index in [9.17, 15) is 9.59 Å². The predicted octanol–water partition coefficient (Wildman–Crippen LogP) is 0.788. The molecule has 0 aromatic carbocycles. The Bertz CT molecular complexity index is 812. The fraction of sp³-hybridized carbons (Fsp3) is 0.625. The molecule has 8 heteroatoms. The maximum Gasteiger partial charge on any atom is 0.343 e. The van der Waals surface area contributed by atoms with Gasteiger partial charge in [0.15, 0.2) is 0 Å². The summed E-state index contributed by atoms with van der Waals surface area (Å²) in [6.45, 7) is 5.96. The molecule has 8 nitrogen and oxygen atoms in total. The molecule has 2 aromatic rings. The van der Waals surface area contributed by atoms with Crippen LogP contribution < -0.4 is 5.69 Å². The summed E-state index contributed by atoms with van der Waals surface area (Å²) in [6.07, 6.45) is 7.73. The quantitative estimate of drug-likeness (QED) is 0.878. The molecule has 1 aliphatic carbocycles. The van der Waals surface area contributed by atoms with Gasteiger partial charge in [-0.2, -0.15) is 5.10 Å². The second-order valence-corrected chi connectivity index (χ2v) is 7.58. The zero-order valence-corrected chi connectivity index (χ0v) is 14.0. The molecule has 128 valence electrons. The van der Waals surface area contributed by atoms with E-state index in [0.29, 0.717) is 6.54 Å². The van der Waals surface area contributed by atoms with Crippen LogP contribution in [0.3, 0.4) is 0 Å². The van der Waals surface area contributed by atoms with E-state index < -0.39 is 0 Å². The Labute approximate surface area is 139 Å². The number of imidazole rings is 1. The molecule has 1 saturated heterocycles. The van der Waals surface area contributed by atoms with Gasteiger partial charge in [0.1, 0.15) is 18.7 Å². The van der Waals surface area contributed by atoms with Gasteiger partial charge in [0, 0.05) is 30.9 Å². The zero-order valence-electron chi connectivity index (χ0n) is 14.0. The molecule has 1 amide bonds. The van der Waals surface area contributed by atoms with Gasteiger partial charge in [0.05, 0.1) is 6.04 Å². The SMILES string of the molecule is CC1(C)CN(C(=O)Cn2cn[nH]c2=O)C1c1nccn1CC1CC1. The summed E-state index contributed by atoms with van der Waals surface area (Å²) in [5, 5.41) is 5.98. The molecule has 2 aromatic heterocycles. The summed E-state index contributed by atoms with van der Waals surface area (Å²) in [6, 6.07) is -0.0543. The molecular formula is C16H22N6O2. The van der Waals surface area contributed by atoms with Crippen LogP contribution in [0.2, 0.25) is 0 Å². The van der Waals surface area contributed by atoms with E-state index >= 15 is 0 Å². The number of carbonyl (C=O) groups excluding carboxylic acids is 1. The van der Waals surface area contributed by atoms with Gasteiger partial charge in [-0.15, -0.1) is 0 Å². The molecule has 1 unspecified atom stereocenters. The normalized spacial score (nSPS) is 22.4. The van der Waals surface area contributed by atoms with E-state index in [4.69, 9.17) is 0 Å². The predicted molar refractivity (Wildman–Crippen MR) is 86.0 cm³/mol. The number of amides is 1. The van der Waals surface area contributed by atoms with Crippen molar-refractivity contribution in [3.63, 3.8) is 0 Å². The summed E-state index contributed by atoms with van der Waals surface area (Å²) < 4.78 is 3.48. The Morgan fingerprint density at radius 3 is 2.79 bits per heavy atom. The van der Waals surface area contributed by atoms with E-state index in [-0.39, 0.29) is 29.6 Å². The highest BCUT2D eigenvalue weighted by Gasteiger charge is 2.51. The van der Waals surface area contributed by atoms with Crippen molar-refractivity contribution in [2.45, 2.75) is 45.8 Å². The summed E-state index contributed by atoms with van der Waals surface area (Å²) in [5.74, 6) is 1.62. The minimum Gasteiger partial charge on any atom is -0.333 e. The van der Waals surface area contributed by atoms with E-state index in [0.717, 1.165) is 18.3 Å². The van der Waals surface area contributed by atoms with Gasteiger partial charge in [-0.3, -0.25) is 9.36 Å². The molecule has 4 rings (SSSR count). The van der Waals surface area contributed by atoms with Crippen LogP contribution in [0.1, 0.15) is 38.6 Å². The van der Waals surface area contributed by atoms with Crippen molar-refractivity contribution in [1.29, 1.82) is 0 Å². The standard InChI is InChI=1S/C16H22N6O2/c1-16(2)9-22(12(23)8-21-10-18-19-15(21)24)13(16)14-17-5-6-20(14)7-11-3-4-11/h5-6,10-11,13H,3-4,7-9H2,1-2H3,(H,19,24). The van der Waals surface area contributed by atoms with Gasteiger partial charge in [0.2, 0.25) is 5.91 Å². The summed E-state index contributed by atoms with van der Waals surface area (Å²) >= 11 is 0. The van der Waals surface area contributed by atoms with Crippen molar-refractivity contribution in [3.05, 3.63) is 35.0 Å². The van der Waals surface area contributed by atoms with Crippen LogP contribution >= 0.6 is 0 Å². The van der Waals surface area contributed by atoms with Crippen LogP contribution in [0.4, 0.5) is 0 Å². The molecule has 0 bridgehead atoms. The van der Waals surface area contributed by atoms with Crippen molar-refractivity contribution in [2.75, 3.05) is 6.54 Å². The number of rotatable bonds is 5. The minimum atomic E-state index is -0.366. The van der Waals surface area contributed by atoms with E-state index in [1.165, 1.54) is 23.7 Å². The van der Waals surface area contributed by atoms with Crippen molar-refractivity contribution in [2.24, 2.45) is 11.3 Å². The molecule has 2 aliphatic rings. The highest BCUT2D eigenvalue weighted by Crippen LogP contribution is 2.48. The van der Waals surface area contributed by atoms with Gasteiger partial charge in [-0.25, -0.2) is 14.9 Å². The fourth-order valence-corrected chi connectivity index (χ4v) is 3.57. The highest BCUT2D eigenvalue weighted by molar-refractivity contribution is 5.77. The topological polar surface area (TPSA) is 88.8 Å². The molecule has 24 heavy (non-hydrogen) atoms. The lowest BCUT2D eigenvalue weighted by Crippen LogP contribution is -2.59. The Morgan fingerprint density at radius 2 is 2.17 bits per heavy atom. The van der Waals surface area contributed by atoms with Crippen LogP contribution in [0.15, 0.2) is 23.5 Å². The first kappa shape index (κ1) is 15.2. The van der Waals surface area contributed by atoms with Crippen LogP contribution in [0.25, 0.3) is 0 Å². The first-order valence-electron chi connectivity index (χ1n) is 8.36. The molecular weight excluding hydrogens is 308 g/mol. The van der Waals surface area contributed by atoms with Gasteiger partial charge in [-0.05, 0) is 18.8 Å².